The molecule has 1 aromatic carbocycles. The molecule has 1 unspecified atom stereocenters. The third-order valence-corrected chi connectivity index (χ3v) is 3.07. The van der Waals surface area contributed by atoms with Crippen LogP contribution in [-0.2, 0) is 5.60 Å². The molecule has 0 saturated carbocycles. The van der Waals surface area contributed by atoms with Gasteiger partial charge in [0.05, 0.1) is 5.60 Å². The molecule has 5 heteroatoms. The number of para-hydroxylation sites is 1. The van der Waals surface area contributed by atoms with Gasteiger partial charge in [-0.2, -0.15) is 0 Å². The highest BCUT2D eigenvalue weighted by molar-refractivity contribution is 5.38. The summed E-state index contributed by atoms with van der Waals surface area (Å²) in [7, 11) is 0. The normalized spacial score (nSPS) is 15.6. The Hall–Kier alpha value is -1.23. The maximum atomic E-state index is 12.3. The smallest absolute Gasteiger partial charge is 0.405 e. The van der Waals surface area contributed by atoms with E-state index in [-0.39, 0.29) is 17.2 Å². The lowest BCUT2D eigenvalue weighted by molar-refractivity contribution is -0.275. The van der Waals surface area contributed by atoms with Crippen LogP contribution >= 0.6 is 0 Å². The molecule has 0 saturated heterocycles. The number of hydrogen-bond acceptors (Lipinski definition) is 2. The van der Waals surface area contributed by atoms with E-state index >= 15 is 0 Å². The molecule has 0 aliphatic rings. The van der Waals surface area contributed by atoms with Crippen LogP contribution in [0.3, 0.4) is 0 Å². The Balaban J connectivity index is 3.24. The van der Waals surface area contributed by atoms with Crippen LogP contribution in [-0.4, -0.2) is 11.5 Å². The summed E-state index contributed by atoms with van der Waals surface area (Å²) in [5.74, 6) is -0.566. The largest absolute Gasteiger partial charge is 0.573 e. The maximum Gasteiger partial charge on any atom is 0.573 e. The van der Waals surface area contributed by atoms with Crippen LogP contribution in [0.2, 0.25) is 0 Å². The van der Waals surface area contributed by atoms with E-state index in [0.29, 0.717) is 6.42 Å². The fourth-order valence-corrected chi connectivity index (χ4v) is 1.95. The Labute approximate surface area is 104 Å². The first kappa shape index (κ1) is 14.8. The maximum absolute atomic E-state index is 12.3. The van der Waals surface area contributed by atoms with Crippen molar-refractivity contribution in [3.8, 4) is 5.75 Å². The van der Waals surface area contributed by atoms with Crippen molar-refractivity contribution in [2.75, 3.05) is 0 Å². The minimum Gasteiger partial charge on any atom is -0.405 e. The highest BCUT2D eigenvalue weighted by Crippen LogP contribution is 2.39. The second-order valence-electron chi connectivity index (χ2n) is 4.48. The summed E-state index contributed by atoms with van der Waals surface area (Å²) in [6.07, 6.45) is -4.45. The van der Waals surface area contributed by atoms with Gasteiger partial charge >= 0.3 is 6.36 Å². The minimum absolute atomic E-state index is 0.167. The van der Waals surface area contributed by atoms with Gasteiger partial charge in [-0.15, -0.1) is 13.2 Å². The van der Waals surface area contributed by atoms with Gasteiger partial charge in [0.1, 0.15) is 5.75 Å². The van der Waals surface area contributed by atoms with Crippen molar-refractivity contribution in [1.82, 2.24) is 0 Å². The van der Waals surface area contributed by atoms with Crippen LogP contribution in [0.1, 0.15) is 32.8 Å². The highest BCUT2D eigenvalue weighted by atomic mass is 19.4. The van der Waals surface area contributed by atoms with Crippen molar-refractivity contribution in [2.24, 2.45) is 5.92 Å². The lowest BCUT2D eigenvalue weighted by Gasteiger charge is -2.33. The van der Waals surface area contributed by atoms with Crippen LogP contribution in [0.15, 0.2) is 24.3 Å². The SMILES string of the molecule is CCC(O)(c1ccccc1OC(F)(F)F)C(C)C. The molecule has 0 amide bonds. The number of aliphatic hydroxyl groups is 1. The van der Waals surface area contributed by atoms with Gasteiger partial charge in [0.2, 0.25) is 0 Å². The van der Waals surface area contributed by atoms with E-state index in [4.69, 9.17) is 0 Å². The van der Waals surface area contributed by atoms with Crippen LogP contribution in [0.5, 0.6) is 5.75 Å². The van der Waals surface area contributed by atoms with E-state index in [1.807, 2.05) is 0 Å². The zero-order valence-electron chi connectivity index (χ0n) is 10.6. The predicted molar refractivity (Wildman–Crippen MR) is 62.2 cm³/mol. The van der Waals surface area contributed by atoms with Gasteiger partial charge in [-0.3, -0.25) is 0 Å². The van der Waals surface area contributed by atoms with Gasteiger partial charge in [0.15, 0.2) is 0 Å². The molecule has 102 valence electrons. The van der Waals surface area contributed by atoms with Crippen molar-refractivity contribution in [3.05, 3.63) is 29.8 Å². The molecule has 0 fully saturated rings. The lowest BCUT2D eigenvalue weighted by Crippen LogP contribution is -2.32. The summed E-state index contributed by atoms with van der Waals surface area (Å²) in [4.78, 5) is 0. The molecule has 0 heterocycles. The average Bonchev–Trinajstić information content (AvgIpc) is 2.26. The number of rotatable bonds is 4. The van der Waals surface area contributed by atoms with Gasteiger partial charge in [0.25, 0.3) is 0 Å². The Morgan fingerprint density at radius 2 is 1.78 bits per heavy atom. The lowest BCUT2D eigenvalue weighted by atomic mass is 9.81. The van der Waals surface area contributed by atoms with E-state index in [2.05, 4.69) is 4.74 Å². The number of halogens is 3. The van der Waals surface area contributed by atoms with Crippen LogP contribution in [0, 0.1) is 5.92 Å². The molecular formula is C13H17F3O2. The van der Waals surface area contributed by atoms with Crippen molar-refractivity contribution in [2.45, 2.75) is 39.2 Å². The van der Waals surface area contributed by atoms with Gasteiger partial charge in [-0.05, 0) is 18.4 Å². The molecule has 0 spiro atoms. The first-order valence-electron chi connectivity index (χ1n) is 5.78. The molecule has 2 nitrogen and oxygen atoms in total. The molecule has 0 aliphatic heterocycles. The van der Waals surface area contributed by atoms with Gasteiger partial charge < -0.3 is 9.84 Å². The number of hydrogen-bond donors (Lipinski definition) is 1. The standard InChI is InChI=1S/C13H17F3O2/c1-4-12(17,9(2)3)10-7-5-6-8-11(10)18-13(14,15)16/h5-9,17H,4H2,1-3H3. The number of alkyl halides is 3. The molecule has 1 rings (SSSR count). The third-order valence-electron chi connectivity index (χ3n) is 3.07. The summed E-state index contributed by atoms with van der Waals surface area (Å²) in [6.45, 7) is 5.24. The van der Waals surface area contributed by atoms with Crippen molar-refractivity contribution < 1.29 is 23.0 Å². The average molecular weight is 262 g/mol. The predicted octanol–water partition coefficient (Wildman–Crippen LogP) is 3.84. The molecule has 1 N–H and O–H groups in total. The van der Waals surface area contributed by atoms with E-state index in [9.17, 15) is 18.3 Å². The third kappa shape index (κ3) is 3.16. The molecule has 18 heavy (non-hydrogen) atoms. The summed E-state index contributed by atoms with van der Waals surface area (Å²) in [5.41, 5.74) is -1.16. The number of ether oxygens (including phenoxy) is 1. The molecule has 0 aliphatic carbocycles. The second-order valence-corrected chi connectivity index (χ2v) is 4.48. The van der Waals surface area contributed by atoms with Crippen molar-refractivity contribution in [3.63, 3.8) is 0 Å². The molecule has 0 radical (unpaired) electrons. The molecule has 0 bridgehead atoms. The zero-order valence-corrected chi connectivity index (χ0v) is 10.6. The quantitative estimate of drug-likeness (QED) is 0.893. The van der Waals surface area contributed by atoms with E-state index in [0.717, 1.165) is 0 Å². The molecule has 1 aromatic rings. The summed E-state index contributed by atoms with van der Waals surface area (Å²) in [6, 6.07) is 5.71. The monoisotopic (exact) mass is 262 g/mol. The fraction of sp³-hybridized carbons (Fsp3) is 0.538. The Kier molecular flexibility index (Phi) is 4.27. The van der Waals surface area contributed by atoms with Crippen molar-refractivity contribution in [1.29, 1.82) is 0 Å². The summed E-state index contributed by atoms with van der Waals surface area (Å²) in [5, 5.41) is 10.5. The summed E-state index contributed by atoms with van der Waals surface area (Å²) < 4.78 is 40.9. The Morgan fingerprint density at radius 1 is 1.22 bits per heavy atom. The minimum atomic E-state index is -4.76. The van der Waals surface area contributed by atoms with Gasteiger partial charge in [-0.25, -0.2) is 0 Å². The van der Waals surface area contributed by atoms with Crippen molar-refractivity contribution >= 4 is 0 Å². The number of benzene rings is 1. The fourth-order valence-electron chi connectivity index (χ4n) is 1.95. The highest BCUT2D eigenvalue weighted by Gasteiger charge is 2.38. The van der Waals surface area contributed by atoms with E-state index < -0.39 is 12.0 Å². The first-order chi connectivity index (χ1) is 8.20. The first-order valence-corrected chi connectivity index (χ1v) is 5.78. The Bertz CT molecular complexity index is 401. The van der Waals surface area contributed by atoms with Gasteiger partial charge in [-0.1, -0.05) is 39.0 Å². The molecule has 1 atom stereocenters. The van der Waals surface area contributed by atoms with Gasteiger partial charge in [0, 0.05) is 5.56 Å². The van der Waals surface area contributed by atoms with Crippen LogP contribution < -0.4 is 4.74 Å². The molecule has 0 aromatic heterocycles. The zero-order chi connectivity index (χ0) is 14.0. The van der Waals surface area contributed by atoms with E-state index in [1.165, 1.54) is 18.2 Å². The van der Waals surface area contributed by atoms with Crippen LogP contribution in [0.25, 0.3) is 0 Å². The topological polar surface area (TPSA) is 29.5 Å². The Morgan fingerprint density at radius 3 is 2.22 bits per heavy atom. The molecular weight excluding hydrogens is 245 g/mol. The summed E-state index contributed by atoms with van der Waals surface area (Å²) >= 11 is 0. The second kappa shape index (κ2) is 5.18. The van der Waals surface area contributed by atoms with E-state index in [1.54, 1.807) is 26.8 Å². The van der Waals surface area contributed by atoms with Crippen LogP contribution in [0.4, 0.5) is 13.2 Å².